The fourth-order valence-corrected chi connectivity index (χ4v) is 5.48. The third-order valence-electron chi connectivity index (χ3n) is 6.79. The lowest BCUT2D eigenvalue weighted by Gasteiger charge is -2.51. The smallest absolute Gasteiger partial charge is 0.289 e. The van der Waals surface area contributed by atoms with Crippen molar-refractivity contribution in [1.82, 2.24) is 9.80 Å². The summed E-state index contributed by atoms with van der Waals surface area (Å²) in [7, 11) is 0. The van der Waals surface area contributed by atoms with Crippen molar-refractivity contribution >= 4 is 5.91 Å². The molecule has 2 bridgehead atoms. The highest BCUT2D eigenvalue weighted by Gasteiger charge is 2.54. The molecule has 142 valence electrons. The lowest BCUT2D eigenvalue weighted by atomic mass is 9.75. The molecule has 3 unspecified atom stereocenters. The Morgan fingerprint density at radius 3 is 2.52 bits per heavy atom. The largest absolute Gasteiger partial charge is 0.453 e. The Morgan fingerprint density at radius 1 is 1.11 bits per heavy atom. The molecule has 0 radical (unpaired) electrons. The van der Waals surface area contributed by atoms with Gasteiger partial charge in [0.2, 0.25) is 0 Å². The maximum absolute atomic E-state index is 13.3. The minimum atomic E-state index is -0.179. The van der Waals surface area contributed by atoms with Crippen LogP contribution in [0.5, 0.6) is 0 Å². The number of amides is 1. The Bertz CT molecular complexity index is 835. The number of carbonyl (C=O) groups excluding carboxylic acids is 1. The number of fused-ring (bicyclic) bond motifs is 2. The van der Waals surface area contributed by atoms with Gasteiger partial charge < -0.3 is 14.4 Å². The zero-order chi connectivity index (χ0) is 18.5. The first-order valence-electron chi connectivity index (χ1n) is 9.97. The molecule has 5 heteroatoms. The number of aryl methyl sites for hydroxylation is 1. The first kappa shape index (κ1) is 17.0. The van der Waals surface area contributed by atoms with Crippen molar-refractivity contribution in [3.05, 3.63) is 59.0 Å². The van der Waals surface area contributed by atoms with Crippen molar-refractivity contribution in [2.24, 2.45) is 5.92 Å². The minimum absolute atomic E-state index is 0.0342. The van der Waals surface area contributed by atoms with E-state index in [-0.39, 0.29) is 18.6 Å². The van der Waals surface area contributed by atoms with Crippen LogP contribution < -0.4 is 0 Å². The quantitative estimate of drug-likeness (QED) is 0.908. The van der Waals surface area contributed by atoms with E-state index in [0.29, 0.717) is 29.4 Å². The highest BCUT2D eigenvalue weighted by Crippen LogP contribution is 2.47. The standard InChI is InChI=1S/C22H26N2O3/c1-14-2-4-15(5-3-14)18-12-24(22(26)19-7-6-17(13-25)27-19)20-16-8-10-23(11-9-16)21(18)20/h2-7,16,18,20-21,25H,8-13H2,1H3. The molecule has 1 N–H and O–H groups in total. The van der Waals surface area contributed by atoms with Crippen LogP contribution in [0.15, 0.2) is 40.8 Å². The van der Waals surface area contributed by atoms with Crippen LogP contribution in [0.2, 0.25) is 0 Å². The Labute approximate surface area is 159 Å². The third kappa shape index (κ3) is 2.72. The van der Waals surface area contributed by atoms with Crippen LogP contribution in [0.25, 0.3) is 0 Å². The van der Waals surface area contributed by atoms with Gasteiger partial charge in [0.15, 0.2) is 5.76 Å². The number of aliphatic hydroxyl groups excluding tert-OH is 1. The normalized spacial score (nSPS) is 31.9. The molecule has 4 aliphatic rings. The third-order valence-corrected chi connectivity index (χ3v) is 6.79. The molecule has 1 aromatic carbocycles. The van der Waals surface area contributed by atoms with Crippen LogP contribution in [0.3, 0.4) is 0 Å². The molecule has 4 fully saturated rings. The molecule has 4 aliphatic heterocycles. The van der Waals surface area contributed by atoms with E-state index < -0.39 is 0 Å². The maximum atomic E-state index is 13.3. The Hall–Kier alpha value is -2.11. The van der Waals surface area contributed by atoms with E-state index in [9.17, 15) is 9.90 Å². The zero-order valence-corrected chi connectivity index (χ0v) is 15.7. The lowest BCUT2D eigenvalue weighted by Crippen LogP contribution is -2.60. The Balaban J connectivity index is 1.50. The van der Waals surface area contributed by atoms with Crippen molar-refractivity contribution < 1.29 is 14.3 Å². The van der Waals surface area contributed by atoms with E-state index in [1.807, 2.05) is 0 Å². The molecular formula is C22H26N2O3. The van der Waals surface area contributed by atoms with Crippen LogP contribution in [-0.2, 0) is 6.61 Å². The van der Waals surface area contributed by atoms with Gasteiger partial charge >= 0.3 is 0 Å². The molecule has 3 atom stereocenters. The topological polar surface area (TPSA) is 56.9 Å². The summed E-state index contributed by atoms with van der Waals surface area (Å²) >= 11 is 0. The van der Waals surface area contributed by atoms with Gasteiger partial charge in [0.25, 0.3) is 5.91 Å². The average Bonchev–Trinajstić information content (AvgIpc) is 3.35. The number of benzene rings is 1. The fourth-order valence-electron chi connectivity index (χ4n) is 5.48. The number of likely N-dealkylation sites (tertiary alicyclic amines) is 1. The minimum Gasteiger partial charge on any atom is -0.453 e. The Morgan fingerprint density at radius 2 is 1.85 bits per heavy atom. The predicted molar refractivity (Wildman–Crippen MR) is 101 cm³/mol. The van der Waals surface area contributed by atoms with E-state index in [4.69, 9.17) is 4.42 Å². The van der Waals surface area contributed by atoms with Gasteiger partial charge in [0.1, 0.15) is 12.4 Å². The first-order valence-corrected chi connectivity index (χ1v) is 9.97. The van der Waals surface area contributed by atoms with Crippen LogP contribution >= 0.6 is 0 Å². The lowest BCUT2D eigenvalue weighted by molar-refractivity contribution is -0.00437. The van der Waals surface area contributed by atoms with Crippen molar-refractivity contribution in [2.45, 2.75) is 44.4 Å². The highest BCUT2D eigenvalue weighted by molar-refractivity contribution is 5.92. The van der Waals surface area contributed by atoms with Gasteiger partial charge in [-0.15, -0.1) is 0 Å². The zero-order valence-electron chi connectivity index (χ0n) is 15.7. The molecule has 0 spiro atoms. The van der Waals surface area contributed by atoms with E-state index in [1.165, 1.54) is 24.0 Å². The number of piperidine rings is 3. The van der Waals surface area contributed by atoms with Gasteiger partial charge in [-0.25, -0.2) is 0 Å². The number of aliphatic hydroxyl groups is 1. The second kappa shape index (κ2) is 6.50. The van der Waals surface area contributed by atoms with E-state index >= 15 is 0 Å². The van der Waals surface area contributed by atoms with Gasteiger partial charge in [0.05, 0.1) is 6.04 Å². The number of hydrogen-bond donors (Lipinski definition) is 1. The molecule has 27 heavy (non-hydrogen) atoms. The highest BCUT2D eigenvalue weighted by atomic mass is 16.4. The van der Waals surface area contributed by atoms with Gasteiger partial charge in [-0.1, -0.05) is 29.8 Å². The second-order valence-corrected chi connectivity index (χ2v) is 8.25. The molecule has 1 aromatic heterocycles. The van der Waals surface area contributed by atoms with Crippen LogP contribution in [0.1, 0.15) is 46.2 Å². The SMILES string of the molecule is Cc1ccc(C2CN(C(=O)c3ccc(CO)o3)C3C4CCN(CC4)C23)cc1. The van der Waals surface area contributed by atoms with E-state index in [2.05, 4.69) is 41.0 Å². The van der Waals surface area contributed by atoms with Crippen molar-refractivity contribution in [1.29, 1.82) is 0 Å². The monoisotopic (exact) mass is 366 g/mol. The molecular weight excluding hydrogens is 340 g/mol. The second-order valence-electron chi connectivity index (χ2n) is 8.25. The molecule has 6 rings (SSSR count). The van der Waals surface area contributed by atoms with E-state index in [1.54, 1.807) is 12.1 Å². The van der Waals surface area contributed by atoms with Gasteiger partial charge in [-0.05, 0) is 56.5 Å². The van der Waals surface area contributed by atoms with Gasteiger partial charge in [-0.2, -0.15) is 0 Å². The van der Waals surface area contributed by atoms with Crippen molar-refractivity contribution in [2.75, 3.05) is 19.6 Å². The number of carbonyl (C=O) groups is 1. The summed E-state index contributed by atoms with van der Waals surface area (Å²) in [6.07, 6.45) is 2.34. The summed E-state index contributed by atoms with van der Waals surface area (Å²) in [5, 5.41) is 9.26. The molecule has 0 aliphatic carbocycles. The van der Waals surface area contributed by atoms with Crippen LogP contribution in [0.4, 0.5) is 0 Å². The predicted octanol–water partition coefficient (Wildman–Crippen LogP) is 2.78. The van der Waals surface area contributed by atoms with Gasteiger partial charge in [0, 0.05) is 18.5 Å². The summed E-state index contributed by atoms with van der Waals surface area (Å²) in [6, 6.07) is 12.8. The van der Waals surface area contributed by atoms with Gasteiger partial charge in [-0.3, -0.25) is 9.69 Å². The van der Waals surface area contributed by atoms with Crippen molar-refractivity contribution in [3.8, 4) is 0 Å². The molecule has 0 saturated carbocycles. The number of furan rings is 1. The summed E-state index contributed by atoms with van der Waals surface area (Å²) in [6.45, 7) is 4.96. The molecule has 5 heterocycles. The Kier molecular flexibility index (Phi) is 4.10. The van der Waals surface area contributed by atoms with Crippen LogP contribution in [0, 0.1) is 12.8 Å². The summed E-state index contributed by atoms with van der Waals surface area (Å²) in [4.78, 5) is 17.9. The molecule has 4 saturated heterocycles. The van der Waals surface area contributed by atoms with E-state index in [0.717, 1.165) is 19.6 Å². The number of nitrogens with zero attached hydrogens (tertiary/aromatic N) is 2. The summed E-state index contributed by atoms with van der Waals surface area (Å²) < 4.78 is 5.57. The average molecular weight is 366 g/mol. The van der Waals surface area contributed by atoms with Crippen LogP contribution in [-0.4, -0.2) is 52.5 Å². The number of hydrogen-bond acceptors (Lipinski definition) is 4. The molecule has 1 amide bonds. The summed E-state index contributed by atoms with van der Waals surface area (Å²) in [5.74, 6) is 1.67. The fraction of sp³-hybridized carbons (Fsp3) is 0.500. The number of rotatable bonds is 3. The maximum Gasteiger partial charge on any atom is 0.289 e. The molecule has 5 nitrogen and oxygen atoms in total. The summed E-state index contributed by atoms with van der Waals surface area (Å²) in [5.41, 5.74) is 2.59. The molecule has 2 aromatic rings. The van der Waals surface area contributed by atoms with Crippen molar-refractivity contribution in [3.63, 3.8) is 0 Å². The first-order chi connectivity index (χ1) is 13.2.